The minimum absolute atomic E-state index is 0.0150. The van der Waals surface area contributed by atoms with Gasteiger partial charge in [-0.3, -0.25) is 9.59 Å². The van der Waals surface area contributed by atoms with Crippen LogP contribution in [-0.4, -0.2) is 34.1 Å². The molecular formula is C10H17BrN2O2. The summed E-state index contributed by atoms with van der Waals surface area (Å²) in [4.78, 5) is 24.6. The van der Waals surface area contributed by atoms with E-state index in [0.29, 0.717) is 6.54 Å². The molecule has 0 aromatic heterocycles. The molecule has 2 N–H and O–H groups in total. The molecule has 1 fully saturated rings. The van der Waals surface area contributed by atoms with Gasteiger partial charge in [-0.2, -0.15) is 0 Å². The molecule has 2 unspecified atom stereocenters. The Morgan fingerprint density at radius 2 is 2.20 bits per heavy atom. The van der Waals surface area contributed by atoms with Crippen molar-refractivity contribution in [2.45, 2.75) is 37.6 Å². The van der Waals surface area contributed by atoms with Crippen LogP contribution in [0, 0.1) is 5.92 Å². The summed E-state index contributed by atoms with van der Waals surface area (Å²) in [7, 11) is 0. The molecule has 1 rings (SSSR count). The average molecular weight is 277 g/mol. The van der Waals surface area contributed by atoms with Crippen molar-refractivity contribution < 1.29 is 9.59 Å². The van der Waals surface area contributed by atoms with Crippen LogP contribution >= 0.6 is 15.9 Å². The van der Waals surface area contributed by atoms with Gasteiger partial charge in [0.25, 0.3) is 0 Å². The fraction of sp³-hybridized carbons (Fsp3) is 0.800. The number of hydrogen-bond acceptors (Lipinski definition) is 2. The standard InChI is InChI=1S/C10H17BrN2O2/c1-6(2)8(9(12)14)13-5-3-4-7(11)10(13)15/h6-8H,3-5H2,1-2H3,(H2,12,14). The zero-order chi connectivity index (χ0) is 11.6. The fourth-order valence-corrected chi connectivity index (χ4v) is 2.56. The van der Waals surface area contributed by atoms with E-state index in [1.165, 1.54) is 0 Å². The first-order valence-corrected chi connectivity index (χ1v) is 6.10. The van der Waals surface area contributed by atoms with Crippen LogP contribution in [0.4, 0.5) is 0 Å². The third-order valence-electron chi connectivity index (χ3n) is 2.67. The number of likely N-dealkylation sites (tertiary alicyclic amines) is 1. The van der Waals surface area contributed by atoms with Gasteiger partial charge in [-0.1, -0.05) is 29.8 Å². The lowest BCUT2D eigenvalue weighted by molar-refractivity contribution is -0.142. The Balaban J connectivity index is 2.83. The Morgan fingerprint density at radius 3 is 2.67 bits per heavy atom. The zero-order valence-electron chi connectivity index (χ0n) is 9.07. The topological polar surface area (TPSA) is 63.4 Å². The number of nitrogens with zero attached hydrogens (tertiary/aromatic N) is 1. The Labute approximate surface area is 98.3 Å². The number of halogens is 1. The van der Waals surface area contributed by atoms with Crippen molar-refractivity contribution in [2.24, 2.45) is 11.7 Å². The highest BCUT2D eigenvalue weighted by Gasteiger charge is 2.35. The third-order valence-corrected chi connectivity index (χ3v) is 3.52. The number of alkyl halides is 1. The number of amides is 2. The van der Waals surface area contributed by atoms with Gasteiger partial charge in [0.1, 0.15) is 6.04 Å². The number of carbonyl (C=O) groups is 2. The van der Waals surface area contributed by atoms with Crippen LogP contribution in [0.1, 0.15) is 26.7 Å². The summed E-state index contributed by atoms with van der Waals surface area (Å²) < 4.78 is 0. The Bertz CT molecular complexity index is 268. The molecule has 5 heteroatoms. The van der Waals surface area contributed by atoms with Gasteiger partial charge >= 0.3 is 0 Å². The van der Waals surface area contributed by atoms with Gasteiger partial charge in [0.2, 0.25) is 11.8 Å². The molecule has 0 bridgehead atoms. The highest BCUT2D eigenvalue weighted by atomic mass is 79.9. The van der Waals surface area contributed by atoms with Crippen LogP contribution in [0.25, 0.3) is 0 Å². The van der Waals surface area contributed by atoms with Gasteiger partial charge in [0, 0.05) is 6.54 Å². The van der Waals surface area contributed by atoms with E-state index in [4.69, 9.17) is 5.73 Å². The first-order chi connectivity index (χ1) is 6.95. The minimum Gasteiger partial charge on any atom is -0.368 e. The highest BCUT2D eigenvalue weighted by molar-refractivity contribution is 9.10. The average Bonchev–Trinajstić information content (AvgIpc) is 2.11. The van der Waals surface area contributed by atoms with E-state index in [1.807, 2.05) is 13.8 Å². The molecule has 4 nitrogen and oxygen atoms in total. The van der Waals surface area contributed by atoms with Crippen molar-refractivity contribution >= 4 is 27.7 Å². The highest BCUT2D eigenvalue weighted by Crippen LogP contribution is 2.23. The molecule has 0 aromatic carbocycles. The predicted octanol–water partition coefficient (Wildman–Crippen LogP) is 0.882. The molecule has 0 aromatic rings. The molecule has 1 aliphatic rings. The maximum Gasteiger partial charge on any atom is 0.240 e. The lowest BCUT2D eigenvalue weighted by Gasteiger charge is -2.36. The van der Waals surface area contributed by atoms with Crippen LogP contribution in [0.3, 0.4) is 0 Å². The van der Waals surface area contributed by atoms with Crippen LogP contribution in [-0.2, 0) is 9.59 Å². The van der Waals surface area contributed by atoms with Crippen LogP contribution in [0.5, 0.6) is 0 Å². The Morgan fingerprint density at radius 1 is 1.60 bits per heavy atom. The summed E-state index contributed by atoms with van der Waals surface area (Å²) in [5.41, 5.74) is 5.33. The number of primary amides is 1. The van der Waals surface area contributed by atoms with Gasteiger partial charge in [-0.15, -0.1) is 0 Å². The molecule has 0 aliphatic carbocycles. The van der Waals surface area contributed by atoms with E-state index < -0.39 is 11.9 Å². The lowest BCUT2D eigenvalue weighted by atomic mass is 9.98. The maximum absolute atomic E-state index is 11.8. The predicted molar refractivity (Wildman–Crippen MR) is 61.5 cm³/mol. The number of rotatable bonds is 3. The summed E-state index contributed by atoms with van der Waals surface area (Å²) in [5, 5.41) is 0. The van der Waals surface area contributed by atoms with Crippen molar-refractivity contribution in [3.8, 4) is 0 Å². The number of piperidine rings is 1. The fourth-order valence-electron chi connectivity index (χ4n) is 1.97. The second-order valence-corrected chi connectivity index (χ2v) is 5.34. The third kappa shape index (κ3) is 2.71. The smallest absolute Gasteiger partial charge is 0.240 e. The number of carbonyl (C=O) groups excluding carboxylic acids is 2. The summed E-state index contributed by atoms with van der Waals surface area (Å²) >= 11 is 3.32. The molecule has 86 valence electrons. The second-order valence-electron chi connectivity index (χ2n) is 4.23. The van der Waals surface area contributed by atoms with Crippen LogP contribution in [0.15, 0.2) is 0 Å². The van der Waals surface area contributed by atoms with E-state index >= 15 is 0 Å². The van der Waals surface area contributed by atoms with Crippen molar-refractivity contribution in [3.63, 3.8) is 0 Å². The van der Waals surface area contributed by atoms with E-state index in [0.717, 1.165) is 12.8 Å². The Hall–Kier alpha value is -0.580. The Kier molecular flexibility index (Phi) is 4.13. The van der Waals surface area contributed by atoms with Crippen LogP contribution < -0.4 is 5.73 Å². The van der Waals surface area contributed by atoms with E-state index in [9.17, 15) is 9.59 Å². The van der Waals surface area contributed by atoms with Crippen LogP contribution in [0.2, 0.25) is 0 Å². The molecule has 0 radical (unpaired) electrons. The normalized spacial score (nSPS) is 24.4. The molecular weight excluding hydrogens is 260 g/mol. The SMILES string of the molecule is CC(C)C(C(N)=O)N1CCCC(Br)C1=O. The molecule has 2 atom stereocenters. The van der Waals surface area contributed by atoms with E-state index in [2.05, 4.69) is 15.9 Å². The first-order valence-electron chi connectivity index (χ1n) is 5.19. The zero-order valence-corrected chi connectivity index (χ0v) is 10.7. The van der Waals surface area contributed by atoms with Gasteiger partial charge in [-0.25, -0.2) is 0 Å². The van der Waals surface area contributed by atoms with Gasteiger partial charge in [0.15, 0.2) is 0 Å². The summed E-state index contributed by atoms with van der Waals surface area (Å²) in [6.45, 7) is 4.44. The molecule has 1 heterocycles. The first kappa shape index (κ1) is 12.5. The summed E-state index contributed by atoms with van der Waals surface area (Å²) in [6, 6.07) is -0.474. The van der Waals surface area contributed by atoms with E-state index in [-0.39, 0.29) is 16.7 Å². The lowest BCUT2D eigenvalue weighted by Crippen LogP contribution is -2.55. The van der Waals surface area contributed by atoms with Crippen molar-refractivity contribution in [3.05, 3.63) is 0 Å². The molecule has 15 heavy (non-hydrogen) atoms. The summed E-state index contributed by atoms with van der Waals surface area (Å²) in [6.07, 6.45) is 1.75. The summed E-state index contributed by atoms with van der Waals surface area (Å²) in [5.74, 6) is -0.372. The van der Waals surface area contributed by atoms with E-state index in [1.54, 1.807) is 4.90 Å². The second kappa shape index (κ2) is 4.96. The number of nitrogens with two attached hydrogens (primary N) is 1. The minimum atomic E-state index is -0.474. The quantitative estimate of drug-likeness (QED) is 0.778. The van der Waals surface area contributed by atoms with Crippen molar-refractivity contribution in [2.75, 3.05) is 6.54 Å². The largest absolute Gasteiger partial charge is 0.368 e. The molecule has 1 saturated heterocycles. The molecule has 2 amide bonds. The monoisotopic (exact) mass is 276 g/mol. The number of hydrogen-bond donors (Lipinski definition) is 1. The molecule has 1 aliphatic heterocycles. The molecule has 0 saturated carbocycles. The van der Waals surface area contributed by atoms with Crippen molar-refractivity contribution in [1.82, 2.24) is 4.90 Å². The van der Waals surface area contributed by atoms with Crippen molar-refractivity contribution in [1.29, 1.82) is 0 Å². The molecule has 0 spiro atoms. The maximum atomic E-state index is 11.8. The van der Waals surface area contributed by atoms with Gasteiger partial charge < -0.3 is 10.6 Å². The van der Waals surface area contributed by atoms with Gasteiger partial charge in [-0.05, 0) is 18.8 Å². The van der Waals surface area contributed by atoms with Gasteiger partial charge in [0.05, 0.1) is 4.83 Å².